The predicted molar refractivity (Wildman–Crippen MR) is 83.2 cm³/mol. The zero-order valence-corrected chi connectivity index (χ0v) is 13.7. The van der Waals surface area contributed by atoms with Crippen molar-refractivity contribution in [2.45, 2.75) is 65.3 Å². The summed E-state index contributed by atoms with van der Waals surface area (Å²) in [6, 6.07) is 0.280. The topological polar surface area (TPSA) is 46.3 Å². The smallest absolute Gasteiger partial charge is 0.225 e. The Morgan fingerprint density at radius 1 is 1.15 bits per heavy atom. The molecular weight excluding hydrogens is 248 g/mol. The zero-order chi connectivity index (χ0) is 14.9. The minimum absolute atomic E-state index is 0.242. The lowest BCUT2D eigenvalue weighted by Gasteiger charge is -2.38. The molecule has 0 aromatic heterocycles. The van der Waals surface area contributed by atoms with Gasteiger partial charge in [-0.15, -0.1) is 0 Å². The van der Waals surface area contributed by atoms with Crippen LogP contribution in [0.1, 0.15) is 59.3 Å². The molecule has 0 saturated heterocycles. The van der Waals surface area contributed by atoms with E-state index in [9.17, 15) is 4.79 Å². The molecule has 2 rings (SSSR count). The third-order valence-corrected chi connectivity index (χ3v) is 5.55. The van der Waals surface area contributed by atoms with Crippen LogP contribution in [0.4, 0.5) is 0 Å². The maximum Gasteiger partial charge on any atom is 0.225 e. The number of likely N-dealkylation sites (N-methyl/N-ethyl adjacent to an activating group) is 1. The van der Waals surface area contributed by atoms with E-state index in [-0.39, 0.29) is 12.0 Å². The summed E-state index contributed by atoms with van der Waals surface area (Å²) in [4.78, 5) is 14.6. The maximum absolute atomic E-state index is 12.7. The monoisotopic (exact) mass is 280 g/mol. The highest BCUT2D eigenvalue weighted by atomic mass is 16.2. The van der Waals surface area contributed by atoms with Crippen molar-refractivity contribution in [1.29, 1.82) is 0 Å². The van der Waals surface area contributed by atoms with Gasteiger partial charge in [0.05, 0.1) is 0 Å². The summed E-state index contributed by atoms with van der Waals surface area (Å²) < 4.78 is 0. The number of carbonyl (C=O) groups excluding carboxylic acids is 1. The molecule has 1 unspecified atom stereocenters. The van der Waals surface area contributed by atoms with Crippen LogP contribution >= 0.6 is 0 Å². The molecule has 2 aliphatic carbocycles. The van der Waals surface area contributed by atoms with Gasteiger partial charge in [-0.1, -0.05) is 20.8 Å². The van der Waals surface area contributed by atoms with Gasteiger partial charge >= 0.3 is 0 Å². The number of hydrogen-bond donors (Lipinski definition) is 1. The highest BCUT2D eigenvalue weighted by Gasteiger charge is 2.38. The van der Waals surface area contributed by atoms with Crippen LogP contribution in [0.15, 0.2) is 0 Å². The third-order valence-electron chi connectivity index (χ3n) is 5.55. The van der Waals surface area contributed by atoms with E-state index in [1.54, 1.807) is 0 Å². The van der Waals surface area contributed by atoms with Gasteiger partial charge in [0.15, 0.2) is 0 Å². The molecule has 0 bridgehead atoms. The van der Waals surface area contributed by atoms with Crippen LogP contribution in [-0.2, 0) is 4.79 Å². The Morgan fingerprint density at radius 2 is 1.70 bits per heavy atom. The van der Waals surface area contributed by atoms with Crippen molar-refractivity contribution in [3.63, 3.8) is 0 Å². The fourth-order valence-corrected chi connectivity index (χ4v) is 3.81. The highest BCUT2D eigenvalue weighted by Crippen LogP contribution is 2.41. The Hall–Kier alpha value is -0.570. The average Bonchev–Trinajstić information content (AvgIpc) is 3.22. The summed E-state index contributed by atoms with van der Waals surface area (Å²) in [6.45, 7) is 7.58. The summed E-state index contributed by atoms with van der Waals surface area (Å²) in [5.74, 6) is 2.02. The van der Waals surface area contributed by atoms with Crippen LogP contribution < -0.4 is 5.73 Å². The second kappa shape index (κ2) is 6.05. The molecular formula is C17H32N2O. The molecule has 1 amide bonds. The SMILES string of the molecule is CN(C(=O)C1CCC(C(C)(C)C)CC1)C(CN)C1CC1. The summed E-state index contributed by atoms with van der Waals surface area (Å²) >= 11 is 0. The molecule has 0 heterocycles. The van der Waals surface area contributed by atoms with Gasteiger partial charge in [0.2, 0.25) is 5.91 Å². The largest absolute Gasteiger partial charge is 0.341 e. The Labute approximate surface area is 124 Å². The fourth-order valence-electron chi connectivity index (χ4n) is 3.81. The van der Waals surface area contributed by atoms with Gasteiger partial charge in [-0.3, -0.25) is 4.79 Å². The number of nitrogens with two attached hydrogens (primary N) is 1. The molecule has 2 aliphatic rings. The van der Waals surface area contributed by atoms with Gasteiger partial charge in [0.1, 0.15) is 0 Å². The Kier molecular flexibility index (Phi) is 4.78. The summed E-state index contributed by atoms with van der Waals surface area (Å²) in [5.41, 5.74) is 6.25. The Morgan fingerprint density at radius 3 is 2.10 bits per heavy atom. The first kappa shape index (κ1) is 15.8. The summed E-state index contributed by atoms with van der Waals surface area (Å²) in [7, 11) is 1.97. The number of nitrogens with zero attached hydrogens (tertiary/aromatic N) is 1. The van der Waals surface area contributed by atoms with Gasteiger partial charge in [-0.2, -0.15) is 0 Å². The molecule has 3 nitrogen and oxygen atoms in total. The fraction of sp³-hybridized carbons (Fsp3) is 0.941. The predicted octanol–water partition coefficient (Wildman–Crippen LogP) is 3.03. The molecule has 2 N–H and O–H groups in total. The van der Waals surface area contributed by atoms with Crippen molar-refractivity contribution in [3.05, 3.63) is 0 Å². The van der Waals surface area contributed by atoms with E-state index in [4.69, 9.17) is 5.73 Å². The molecule has 0 spiro atoms. The molecule has 3 heteroatoms. The molecule has 0 aromatic rings. The minimum Gasteiger partial charge on any atom is -0.341 e. The Bertz CT molecular complexity index is 335. The lowest BCUT2D eigenvalue weighted by atomic mass is 9.69. The molecule has 0 aromatic carbocycles. The molecule has 0 aliphatic heterocycles. The Balaban J connectivity index is 1.88. The van der Waals surface area contributed by atoms with Gasteiger partial charge < -0.3 is 10.6 Å². The van der Waals surface area contributed by atoms with E-state index < -0.39 is 0 Å². The second-order valence-electron chi connectivity index (χ2n) is 8.00. The van der Waals surface area contributed by atoms with Crippen molar-refractivity contribution >= 4 is 5.91 Å². The number of hydrogen-bond acceptors (Lipinski definition) is 2. The standard InChI is InChI=1S/C17H32N2O/c1-17(2,3)14-9-7-13(8-10-14)16(20)19(4)15(11-18)12-5-6-12/h12-15H,5-11,18H2,1-4H3. The van der Waals surface area contributed by atoms with Crippen LogP contribution in [0.2, 0.25) is 0 Å². The molecule has 0 radical (unpaired) electrons. The average molecular weight is 280 g/mol. The highest BCUT2D eigenvalue weighted by molar-refractivity contribution is 5.79. The van der Waals surface area contributed by atoms with Gasteiger partial charge in [0, 0.05) is 25.6 Å². The van der Waals surface area contributed by atoms with E-state index in [0.29, 0.717) is 23.8 Å². The molecule has 116 valence electrons. The lowest BCUT2D eigenvalue weighted by Crippen LogP contribution is -2.46. The first-order valence-electron chi connectivity index (χ1n) is 8.31. The molecule has 2 fully saturated rings. The van der Waals surface area contributed by atoms with E-state index in [2.05, 4.69) is 20.8 Å². The van der Waals surface area contributed by atoms with Crippen LogP contribution in [0.3, 0.4) is 0 Å². The van der Waals surface area contributed by atoms with Crippen molar-refractivity contribution < 1.29 is 4.79 Å². The second-order valence-corrected chi connectivity index (χ2v) is 8.00. The normalized spacial score (nSPS) is 29.1. The van der Waals surface area contributed by atoms with Crippen LogP contribution in [0, 0.1) is 23.2 Å². The van der Waals surface area contributed by atoms with Gasteiger partial charge in [0.25, 0.3) is 0 Å². The van der Waals surface area contributed by atoms with E-state index >= 15 is 0 Å². The van der Waals surface area contributed by atoms with E-state index in [1.165, 1.54) is 25.7 Å². The summed E-state index contributed by atoms with van der Waals surface area (Å²) in [5, 5.41) is 0. The quantitative estimate of drug-likeness (QED) is 0.860. The first-order valence-corrected chi connectivity index (χ1v) is 8.31. The van der Waals surface area contributed by atoms with Crippen LogP contribution in [-0.4, -0.2) is 30.4 Å². The maximum atomic E-state index is 12.7. The zero-order valence-electron chi connectivity index (χ0n) is 13.7. The van der Waals surface area contributed by atoms with E-state index in [1.807, 2.05) is 11.9 Å². The van der Waals surface area contributed by atoms with Gasteiger partial charge in [-0.05, 0) is 55.8 Å². The number of amides is 1. The number of carbonyl (C=O) groups is 1. The third kappa shape index (κ3) is 3.55. The van der Waals surface area contributed by atoms with Crippen LogP contribution in [0.5, 0.6) is 0 Å². The van der Waals surface area contributed by atoms with Crippen molar-refractivity contribution in [2.24, 2.45) is 28.9 Å². The van der Waals surface area contributed by atoms with Crippen molar-refractivity contribution in [3.8, 4) is 0 Å². The van der Waals surface area contributed by atoms with Gasteiger partial charge in [-0.25, -0.2) is 0 Å². The molecule has 2 saturated carbocycles. The molecule has 1 atom stereocenters. The summed E-state index contributed by atoms with van der Waals surface area (Å²) in [6.07, 6.45) is 7.02. The van der Waals surface area contributed by atoms with E-state index in [0.717, 1.165) is 18.8 Å². The van der Waals surface area contributed by atoms with Crippen molar-refractivity contribution in [1.82, 2.24) is 4.90 Å². The lowest BCUT2D eigenvalue weighted by molar-refractivity contribution is -0.138. The van der Waals surface area contributed by atoms with Crippen molar-refractivity contribution in [2.75, 3.05) is 13.6 Å². The minimum atomic E-state index is 0.242. The van der Waals surface area contributed by atoms with Crippen LogP contribution in [0.25, 0.3) is 0 Å². The first-order chi connectivity index (χ1) is 9.34. The number of rotatable bonds is 4. The molecule has 20 heavy (non-hydrogen) atoms.